The lowest BCUT2D eigenvalue weighted by Gasteiger charge is -2.46. The molecule has 0 amide bonds. The summed E-state index contributed by atoms with van der Waals surface area (Å²) in [7, 11) is 0. The summed E-state index contributed by atoms with van der Waals surface area (Å²) < 4.78 is 77.0. The summed E-state index contributed by atoms with van der Waals surface area (Å²) in [4.78, 5) is 0. The molecule has 290 valence electrons. The van der Waals surface area contributed by atoms with Crippen LogP contribution >= 0.6 is 0 Å². The summed E-state index contributed by atoms with van der Waals surface area (Å²) in [6.07, 6.45) is -2.73. The number of hydrogen-bond donors (Lipinski definition) is 1. The lowest BCUT2D eigenvalue weighted by molar-refractivity contribution is -0.349. The molecule has 5 saturated heterocycles. The van der Waals surface area contributed by atoms with Crippen molar-refractivity contribution >= 4 is 0 Å². The van der Waals surface area contributed by atoms with Crippen molar-refractivity contribution in [2.45, 2.75) is 165 Å². The van der Waals surface area contributed by atoms with Crippen LogP contribution in [0.5, 0.6) is 0 Å². The third kappa shape index (κ3) is 9.16. The van der Waals surface area contributed by atoms with Crippen molar-refractivity contribution in [1.82, 2.24) is 0 Å². The van der Waals surface area contributed by atoms with Gasteiger partial charge in [-0.1, -0.05) is 70.4 Å². The maximum atomic E-state index is 10.7. The summed E-state index contributed by atoms with van der Waals surface area (Å²) in [5.41, 5.74) is 0.0437. The zero-order valence-corrected chi connectivity index (χ0v) is 31.1. The number of aliphatic hydroxyl groups excluding tert-OH is 1. The average Bonchev–Trinajstić information content (AvgIpc) is 3.76. The van der Waals surface area contributed by atoms with Gasteiger partial charge in [0, 0.05) is 25.4 Å². The molecule has 1 N–H and O–H groups in total. The summed E-state index contributed by atoms with van der Waals surface area (Å²) in [6.45, 7) is 14.2. The molecular weight excluding hydrogens is 664 g/mol. The number of benzene rings is 1. The van der Waals surface area contributed by atoms with E-state index >= 15 is 0 Å². The van der Waals surface area contributed by atoms with Gasteiger partial charge in [-0.15, -0.1) is 0 Å². The van der Waals surface area contributed by atoms with Crippen molar-refractivity contribution in [2.24, 2.45) is 0 Å². The summed E-state index contributed by atoms with van der Waals surface area (Å²) >= 11 is 0. The van der Waals surface area contributed by atoms with E-state index in [-0.39, 0.29) is 13.2 Å². The first-order valence-corrected chi connectivity index (χ1v) is 19.1. The van der Waals surface area contributed by atoms with E-state index in [9.17, 15) is 5.11 Å². The fourth-order valence-electron chi connectivity index (χ4n) is 7.34. The zero-order chi connectivity index (χ0) is 36.0. The van der Waals surface area contributed by atoms with Crippen LogP contribution in [0, 0.1) is 0 Å². The normalized spacial score (nSPS) is 40.4. The molecule has 5 aliphatic rings. The van der Waals surface area contributed by atoms with E-state index in [1.54, 1.807) is 0 Å². The Morgan fingerprint density at radius 3 is 2.20 bits per heavy atom. The highest BCUT2D eigenvalue weighted by Gasteiger charge is 2.62. The van der Waals surface area contributed by atoms with Crippen molar-refractivity contribution in [3.05, 3.63) is 35.9 Å². The second-order valence-corrected chi connectivity index (χ2v) is 14.7. The number of fused-ring (bicyclic) bond motifs is 2. The molecule has 0 saturated carbocycles. The van der Waals surface area contributed by atoms with Crippen molar-refractivity contribution < 1.29 is 61.9 Å². The van der Waals surface area contributed by atoms with Crippen molar-refractivity contribution in [3.8, 4) is 0 Å². The second-order valence-electron chi connectivity index (χ2n) is 14.7. The minimum Gasteiger partial charge on any atom is -0.378 e. The van der Waals surface area contributed by atoms with Gasteiger partial charge in [-0.3, -0.25) is 0 Å². The Morgan fingerprint density at radius 2 is 1.45 bits per heavy atom. The van der Waals surface area contributed by atoms with Crippen LogP contribution in [-0.4, -0.2) is 124 Å². The van der Waals surface area contributed by atoms with E-state index in [4.69, 9.17) is 56.8 Å². The highest BCUT2D eigenvalue weighted by atomic mass is 16.8. The maximum absolute atomic E-state index is 10.7. The molecule has 13 nitrogen and oxygen atoms in total. The van der Waals surface area contributed by atoms with Gasteiger partial charge < -0.3 is 61.9 Å². The Hall–Kier alpha value is -1.30. The van der Waals surface area contributed by atoms with Gasteiger partial charge in [0.15, 0.2) is 30.9 Å². The molecular formula is C38H60O13. The second kappa shape index (κ2) is 17.9. The predicted molar refractivity (Wildman–Crippen MR) is 182 cm³/mol. The van der Waals surface area contributed by atoms with Crippen molar-refractivity contribution in [1.29, 1.82) is 0 Å². The molecule has 1 aromatic carbocycles. The average molecular weight is 725 g/mol. The topological polar surface area (TPSA) is 131 Å². The first-order valence-electron chi connectivity index (χ1n) is 19.1. The van der Waals surface area contributed by atoms with E-state index in [1.165, 1.54) is 0 Å². The molecule has 0 aliphatic carbocycles. The predicted octanol–water partition coefficient (Wildman–Crippen LogP) is 4.77. The molecule has 1 aromatic rings. The number of hydrogen-bond acceptors (Lipinski definition) is 13. The lowest BCUT2D eigenvalue weighted by atomic mass is 9.98. The third-order valence-electron chi connectivity index (χ3n) is 10.1. The number of unbranched alkanes of at least 4 members (excludes halogenated alkanes) is 3. The highest BCUT2D eigenvalue weighted by molar-refractivity contribution is 5.18. The van der Waals surface area contributed by atoms with E-state index in [2.05, 4.69) is 20.8 Å². The molecule has 5 aliphatic heterocycles. The highest BCUT2D eigenvalue weighted by Crippen LogP contribution is 2.46. The number of rotatable bonds is 18. The first-order chi connectivity index (χ1) is 24.7. The molecule has 0 radical (unpaired) electrons. The third-order valence-corrected chi connectivity index (χ3v) is 10.1. The Balaban J connectivity index is 1.25. The Labute approximate surface area is 302 Å². The van der Waals surface area contributed by atoms with Gasteiger partial charge in [-0.05, 0) is 40.0 Å². The Bertz CT molecular complexity index is 1190. The fourth-order valence-corrected chi connectivity index (χ4v) is 7.34. The van der Waals surface area contributed by atoms with Crippen LogP contribution < -0.4 is 0 Å². The van der Waals surface area contributed by atoms with Crippen LogP contribution in [0.25, 0.3) is 0 Å². The van der Waals surface area contributed by atoms with E-state index in [0.717, 1.165) is 44.1 Å². The van der Waals surface area contributed by atoms with Crippen LogP contribution in [0.2, 0.25) is 0 Å². The Morgan fingerprint density at radius 1 is 0.765 bits per heavy atom. The van der Waals surface area contributed by atoms with Crippen molar-refractivity contribution in [3.63, 3.8) is 0 Å². The smallest absolute Gasteiger partial charge is 0.187 e. The number of aliphatic hydroxyl groups is 1. The largest absolute Gasteiger partial charge is 0.378 e. The van der Waals surface area contributed by atoms with Crippen LogP contribution in [0.3, 0.4) is 0 Å². The standard InChI is InChI=1S/C38H60O13/c1-7-10-18-40-22-38-23-44-36(32(38)48-34(51-38)25-16-14-13-15-17-25)47-28-26(41-19-11-8-2)21-43-35(31(28)42-20-12-9-3)46-27-24(4)45-33(39)30-29(27)49-37(5,6)50-30/h13-17,24,26-36,39H,7-12,18-23H2,1-6H3/t24-,26-,27+,28?,29?,30?,31?,32?,33-,34+,35+,36+,38+/m1/s1. The lowest BCUT2D eigenvalue weighted by Crippen LogP contribution is -2.62. The van der Waals surface area contributed by atoms with Crippen LogP contribution in [-0.2, 0) is 56.8 Å². The quantitative estimate of drug-likeness (QED) is 0.209. The SMILES string of the molecule is CCCCOC[C@]12CO[C@@H](OC3C(OCCCC)[C@H](O[C@@H]4C5OC(C)(C)OC5[C@H](O)O[C@@H]4C)OC[C@H]3OCCCC)C1O[C@H](c1ccccc1)O2. The molecule has 13 atom stereocenters. The molecule has 5 unspecified atom stereocenters. The maximum Gasteiger partial charge on any atom is 0.187 e. The minimum atomic E-state index is -1.15. The monoisotopic (exact) mass is 724 g/mol. The molecule has 0 bridgehead atoms. The molecule has 6 rings (SSSR count). The molecule has 0 spiro atoms. The first kappa shape index (κ1) is 39.4. The van der Waals surface area contributed by atoms with Gasteiger partial charge >= 0.3 is 0 Å². The van der Waals surface area contributed by atoms with E-state index < -0.39 is 85.4 Å². The minimum absolute atomic E-state index is 0.195. The number of ether oxygens (including phenoxy) is 12. The van der Waals surface area contributed by atoms with Gasteiger partial charge in [-0.25, -0.2) is 0 Å². The summed E-state index contributed by atoms with van der Waals surface area (Å²) in [5.74, 6) is -0.923. The molecule has 0 aromatic heterocycles. The zero-order valence-electron chi connectivity index (χ0n) is 31.1. The van der Waals surface area contributed by atoms with Gasteiger partial charge in [0.2, 0.25) is 0 Å². The van der Waals surface area contributed by atoms with E-state index in [1.807, 2.05) is 51.1 Å². The summed E-state index contributed by atoms with van der Waals surface area (Å²) in [6, 6.07) is 9.88. The van der Waals surface area contributed by atoms with Crippen LogP contribution in [0.1, 0.15) is 91.9 Å². The molecule has 5 fully saturated rings. The Kier molecular flexibility index (Phi) is 13.8. The van der Waals surface area contributed by atoms with Gasteiger partial charge in [0.05, 0.1) is 25.9 Å². The van der Waals surface area contributed by atoms with Crippen molar-refractivity contribution in [2.75, 3.05) is 39.6 Å². The molecule has 51 heavy (non-hydrogen) atoms. The van der Waals surface area contributed by atoms with Gasteiger partial charge in [0.1, 0.15) is 48.3 Å². The van der Waals surface area contributed by atoms with Crippen LogP contribution in [0.4, 0.5) is 0 Å². The molecule has 5 heterocycles. The fraction of sp³-hybridized carbons (Fsp3) is 0.842. The van der Waals surface area contributed by atoms with Gasteiger partial charge in [0.25, 0.3) is 0 Å². The molecule has 13 heteroatoms. The van der Waals surface area contributed by atoms with E-state index in [0.29, 0.717) is 26.4 Å². The van der Waals surface area contributed by atoms with Gasteiger partial charge in [-0.2, -0.15) is 0 Å². The summed E-state index contributed by atoms with van der Waals surface area (Å²) in [5, 5.41) is 10.7. The van der Waals surface area contributed by atoms with Crippen LogP contribution in [0.15, 0.2) is 30.3 Å².